The molecule has 3 rings (SSSR count). The Hall–Kier alpha value is -2.08. The molecule has 0 aliphatic heterocycles. The molecule has 5 nitrogen and oxygen atoms in total. The minimum absolute atomic E-state index is 0.163. The fourth-order valence-corrected chi connectivity index (χ4v) is 3.08. The summed E-state index contributed by atoms with van der Waals surface area (Å²) in [5, 5.41) is 0. The van der Waals surface area contributed by atoms with E-state index < -0.39 is 5.41 Å². The summed E-state index contributed by atoms with van der Waals surface area (Å²) in [6.07, 6.45) is 4.27. The number of rotatable bonds is 3. The molecule has 6 heteroatoms. The topological polar surface area (TPSA) is 74.0 Å². The van der Waals surface area contributed by atoms with E-state index in [4.69, 9.17) is 0 Å². The first-order valence-electron chi connectivity index (χ1n) is 7.12. The molecule has 1 saturated carbocycles. The van der Waals surface area contributed by atoms with Gasteiger partial charge in [0, 0.05) is 10.7 Å². The van der Waals surface area contributed by atoms with Gasteiger partial charge in [-0.25, -0.2) is 0 Å². The molecule has 0 atom stereocenters. The molecule has 0 bridgehead atoms. The lowest BCUT2D eigenvalue weighted by atomic mass is 9.64. The summed E-state index contributed by atoms with van der Waals surface area (Å²) in [7, 11) is 0. The van der Waals surface area contributed by atoms with Gasteiger partial charge in [0.1, 0.15) is 5.69 Å². The van der Waals surface area contributed by atoms with Gasteiger partial charge in [-0.1, -0.05) is 36.8 Å². The maximum atomic E-state index is 12.5. The zero-order valence-corrected chi connectivity index (χ0v) is 13.4. The van der Waals surface area contributed by atoms with Crippen molar-refractivity contribution in [1.29, 1.82) is 0 Å². The van der Waals surface area contributed by atoms with Crippen molar-refractivity contribution in [2.75, 3.05) is 0 Å². The van der Waals surface area contributed by atoms with E-state index in [0.29, 0.717) is 5.69 Å². The summed E-state index contributed by atoms with van der Waals surface area (Å²) >= 11 is 3.26. The molecule has 1 aromatic heterocycles. The van der Waals surface area contributed by atoms with Crippen LogP contribution in [0.4, 0.5) is 0 Å². The zero-order chi connectivity index (χ0) is 15.6. The molecule has 1 aromatic carbocycles. The number of carbonyl (C=O) groups is 2. The van der Waals surface area contributed by atoms with Crippen LogP contribution in [0.2, 0.25) is 0 Å². The Morgan fingerprint density at radius 1 is 1.14 bits per heavy atom. The highest BCUT2D eigenvalue weighted by Crippen LogP contribution is 2.43. The molecule has 0 radical (unpaired) electrons. The number of hydrazine groups is 1. The summed E-state index contributed by atoms with van der Waals surface area (Å²) in [4.78, 5) is 27.3. The Kier molecular flexibility index (Phi) is 4.02. The van der Waals surface area contributed by atoms with Crippen molar-refractivity contribution in [3.05, 3.63) is 58.3 Å². The van der Waals surface area contributed by atoms with E-state index in [1.165, 1.54) is 0 Å². The lowest BCUT2D eigenvalue weighted by molar-refractivity contribution is -0.130. The number of halogens is 1. The number of benzene rings is 1. The Balaban J connectivity index is 1.67. The molecular formula is C16H16BrN3O2. The molecule has 2 aromatic rings. The normalized spacial score (nSPS) is 15.7. The first-order valence-corrected chi connectivity index (χ1v) is 7.91. The zero-order valence-electron chi connectivity index (χ0n) is 11.9. The third-order valence-corrected chi connectivity index (χ3v) is 4.61. The number of amides is 2. The SMILES string of the molecule is O=C(NNC(=O)C1(c2ccccc2)CCC1)c1cc(Br)c[nH]1. The fourth-order valence-electron chi connectivity index (χ4n) is 2.73. The van der Waals surface area contributed by atoms with Crippen LogP contribution in [0.15, 0.2) is 47.1 Å². The Bertz CT molecular complexity index is 692. The molecule has 0 unspecified atom stereocenters. The van der Waals surface area contributed by atoms with Crippen molar-refractivity contribution < 1.29 is 9.59 Å². The van der Waals surface area contributed by atoms with Gasteiger partial charge in [-0.15, -0.1) is 0 Å². The fraction of sp³-hybridized carbons (Fsp3) is 0.250. The monoisotopic (exact) mass is 361 g/mol. The number of aromatic nitrogens is 1. The summed E-state index contributed by atoms with van der Waals surface area (Å²) in [6, 6.07) is 11.4. The first kappa shape index (κ1) is 14.8. The van der Waals surface area contributed by atoms with Gasteiger partial charge in [-0.3, -0.25) is 20.4 Å². The predicted molar refractivity (Wildman–Crippen MR) is 86.1 cm³/mol. The van der Waals surface area contributed by atoms with Gasteiger partial charge in [0.05, 0.1) is 5.41 Å². The summed E-state index contributed by atoms with van der Waals surface area (Å²) in [5.74, 6) is -0.537. The molecule has 1 aliphatic carbocycles. The van der Waals surface area contributed by atoms with Crippen LogP contribution in [0, 0.1) is 0 Å². The lowest BCUT2D eigenvalue weighted by Crippen LogP contribution is -2.54. The molecule has 1 aliphatic rings. The van der Waals surface area contributed by atoms with E-state index in [2.05, 4.69) is 31.8 Å². The van der Waals surface area contributed by atoms with Gasteiger partial charge in [0.2, 0.25) is 5.91 Å². The summed E-state index contributed by atoms with van der Waals surface area (Å²) in [5.41, 5.74) is 5.88. The molecule has 2 amide bonds. The minimum atomic E-state index is -0.523. The highest BCUT2D eigenvalue weighted by atomic mass is 79.9. The quantitative estimate of drug-likeness (QED) is 0.735. The molecule has 3 N–H and O–H groups in total. The van der Waals surface area contributed by atoms with E-state index >= 15 is 0 Å². The number of hydrogen-bond acceptors (Lipinski definition) is 2. The Labute approximate surface area is 136 Å². The third kappa shape index (κ3) is 2.66. The molecule has 1 heterocycles. The van der Waals surface area contributed by atoms with Gasteiger partial charge in [0.25, 0.3) is 5.91 Å². The van der Waals surface area contributed by atoms with Crippen LogP contribution in [0.3, 0.4) is 0 Å². The summed E-state index contributed by atoms with van der Waals surface area (Å²) < 4.78 is 0.781. The van der Waals surface area contributed by atoms with E-state index in [-0.39, 0.29) is 11.8 Å². The average molecular weight is 362 g/mol. The van der Waals surface area contributed by atoms with Gasteiger partial charge >= 0.3 is 0 Å². The minimum Gasteiger partial charge on any atom is -0.356 e. The highest BCUT2D eigenvalue weighted by Gasteiger charge is 2.45. The smallest absolute Gasteiger partial charge is 0.286 e. The second kappa shape index (κ2) is 5.96. The molecule has 114 valence electrons. The van der Waals surface area contributed by atoms with Crippen LogP contribution >= 0.6 is 15.9 Å². The maximum absolute atomic E-state index is 12.5. The van der Waals surface area contributed by atoms with Gasteiger partial charge in [-0.05, 0) is 40.4 Å². The van der Waals surface area contributed by atoms with Crippen molar-refractivity contribution in [2.24, 2.45) is 0 Å². The Morgan fingerprint density at radius 2 is 1.86 bits per heavy atom. The second-order valence-corrected chi connectivity index (χ2v) is 6.36. The van der Waals surface area contributed by atoms with Crippen LogP contribution < -0.4 is 10.9 Å². The van der Waals surface area contributed by atoms with E-state index in [1.807, 2.05) is 30.3 Å². The Morgan fingerprint density at radius 3 is 2.41 bits per heavy atom. The van der Waals surface area contributed by atoms with Crippen LogP contribution in [0.25, 0.3) is 0 Å². The van der Waals surface area contributed by atoms with Crippen LogP contribution in [0.5, 0.6) is 0 Å². The molecule has 0 saturated heterocycles. The van der Waals surface area contributed by atoms with Crippen molar-refractivity contribution in [1.82, 2.24) is 15.8 Å². The first-order chi connectivity index (χ1) is 10.6. The average Bonchev–Trinajstić information content (AvgIpc) is 2.91. The molecule has 1 fully saturated rings. The second-order valence-electron chi connectivity index (χ2n) is 5.44. The van der Waals surface area contributed by atoms with E-state index in [0.717, 1.165) is 29.3 Å². The van der Waals surface area contributed by atoms with Crippen molar-refractivity contribution in [3.63, 3.8) is 0 Å². The van der Waals surface area contributed by atoms with Gasteiger partial charge < -0.3 is 4.98 Å². The largest absolute Gasteiger partial charge is 0.356 e. The number of hydrogen-bond donors (Lipinski definition) is 3. The molecule has 0 spiro atoms. The number of aromatic amines is 1. The maximum Gasteiger partial charge on any atom is 0.286 e. The van der Waals surface area contributed by atoms with Crippen molar-refractivity contribution in [2.45, 2.75) is 24.7 Å². The molecule has 22 heavy (non-hydrogen) atoms. The number of H-pyrrole nitrogens is 1. The van der Waals surface area contributed by atoms with Crippen molar-refractivity contribution in [3.8, 4) is 0 Å². The van der Waals surface area contributed by atoms with Gasteiger partial charge in [0.15, 0.2) is 0 Å². The standard InChI is InChI=1S/C16H16BrN3O2/c17-12-9-13(18-10-12)14(21)19-20-15(22)16(7-4-8-16)11-5-2-1-3-6-11/h1-3,5-6,9-10,18H,4,7-8H2,(H,19,21)(H,20,22). The highest BCUT2D eigenvalue weighted by molar-refractivity contribution is 9.10. The predicted octanol–water partition coefficient (Wildman–Crippen LogP) is 2.66. The van der Waals surface area contributed by atoms with Crippen molar-refractivity contribution >= 4 is 27.7 Å². The number of carbonyl (C=O) groups excluding carboxylic acids is 2. The van der Waals surface area contributed by atoms with E-state index in [9.17, 15) is 9.59 Å². The molecular weight excluding hydrogens is 346 g/mol. The third-order valence-electron chi connectivity index (χ3n) is 4.15. The summed E-state index contributed by atoms with van der Waals surface area (Å²) in [6.45, 7) is 0. The van der Waals surface area contributed by atoms with Crippen LogP contribution in [-0.4, -0.2) is 16.8 Å². The van der Waals surface area contributed by atoms with Crippen LogP contribution in [0.1, 0.15) is 35.3 Å². The lowest BCUT2D eigenvalue weighted by Gasteiger charge is -2.40. The van der Waals surface area contributed by atoms with E-state index in [1.54, 1.807) is 12.3 Å². The van der Waals surface area contributed by atoms with Crippen LogP contribution in [-0.2, 0) is 10.2 Å². The van der Waals surface area contributed by atoms with Gasteiger partial charge in [-0.2, -0.15) is 0 Å². The number of nitrogens with one attached hydrogen (secondary N) is 3.